The molecule has 4 nitrogen and oxygen atoms in total. The molecule has 9 aromatic rings. The maximum Gasteiger partial charge on any atom is 0.164 e. The zero-order valence-electron chi connectivity index (χ0n) is 35.5. The normalized spacial score (nSPS) is 11.5. The molecule has 0 bridgehead atoms. The van der Waals surface area contributed by atoms with Crippen molar-refractivity contribution in [3.63, 3.8) is 0 Å². The Morgan fingerprint density at radius 1 is 0.269 bits per heavy atom. The maximum absolute atomic E-state index is 7.04. The predicted molar refractivity (Wildman–Crippen MR) is 297 cm³/mol. The molecule has 67 heavy (non-hydrogen) atoms. The minimum absolute atomic E-state index is 0.0125. The molecule has 2 aromatic heterocycles. The van der Waals surface area contributed by atoms with Gasteiger partial charge in [-0.25, -0.2) is 15.0 Å². The molecule has 0 aliphatic carbocycles. The van der Waals surface area contributed by atoms with Gasteiger partial charge in [-0.2, -0.15) is 0 Å². The Bertz CT molecular complexity index is 3570. The Labute approximate surface area is 412 Å². The van der Waals surface area contributed by atoms with Crippen molar-refractivity contribution in [1.82, 2.24) is 15.0 Å². The minimum atomic E-state index is -0.160. The number of para-hydroxylation sites is 1. The van der Waals surface area contributed by atoms with Gasteiger partial charge in [-0.3, -0.25) is 0 Å². The van der Waals surface area contributed by atoms with E-state index in [1.807, 2.05) is 66.7 Å². The highest BCUT2D eigenvalue weighted by Crippen LogP contribution is 2.37. The molecule has 0 N–H and O–H groups in total. The van der Waals surface area contributed by atoms with Crippen LogP contribution in [0.4, 0.5) is 0 Å². The van der Waals surface area contributed by atoms with Crippen molar-refractivity contribution in [3.8, 4) is 67.5 Å². The highest BCUT2D eigenvalue weighted by molar-refractivity contribution is 6.72. The zero-order chi connectivity index (χ0) is 48.2. The van der Waals surface area contributed by atoms with Crippen molar-refractivity contribution in [2.24, 2.45) is 0 Å². The molecule has 36 radical (unpaired) electrons. The first kappa shape index (κ1) is 46.6. The summed E-state index contributed by atoms with van der Waals surface area (Å²) in [4.78, 5) is 14.8. The summed E-state index contributed by atoms with van der Waals surface area (Å²) in [5.41, 5.74) is 1.90. The first-order valence-electron chi connectivity index (χ1n) is 20.1. The monoisotopic (exact) mass is 807 g/mol. The third kappa shape index (κ3) is 7.21. The summed E-state index contributed by atoms with van der Waals surface area (Å²) < 4.78 is 6.16. The summed E-state index contributed by atoms with van der Waals surface area (Å²) in [6.07, 6.45) is 0. The molecule has 0 fully saturated rings. The molecule has 0 aliphatic rings. The lowest BCUT2D eigenvalue weighted by Crippen LogP contribution is -2.57. The Kier molecular flexibility index (Phi) is 12.0. The van der Waals surface area contributed by atoms with E-state index in [2.05, 4.69) is 0 Å². The number of rotatable bonds is 6. The fraction of sp³-hybridized carbons (Fsp3) is 0. The van der Waals surface area contributed by atoms with E-state index >= 15 is 0 Å². The molecule has 0 saturated heterocycles. The molecule has 0 spiro atoms. The van der Waals surface area contributed by atoms with E-state index in [0.29, 0.717) is 5.56 Å². The number of fused-ring (bicyclic) bond motifs is 3. The van der Waals surface area contributed by atoms with Crippen LogP contribution in [0.2, 0.25) is 0 Å². The number of benzene rings is 7. The molecule has 0 atom stereocenters. The van der Waals surface area contributed by atoms with Gasteiger partial charge in [0.25, 0.3) is 0 Å². The molecule has 7 aromatic carbocycles. The Hall–Kier alpha value is -5.48. The maximum atomic E-state index is 7.04. The van der Waals surface area contributed by atoms with E-state index in [-0.39, 0.29) is 149 Å². The quantitative estimate of drug-likeness (QED) is 0.157. The van der Waals surface area contributed by atoms with E-state index in [1.165, 1.54) is 0 Å². The number of hydrogen-bond acceptors (Lipinski definition) is 4. The van der Waals surface area contributed by atoms with Crippen molar-refractivity contribution >= 4 is 262 Å². The molecular formula is C45H11B18N3O. The fourth-order valence-electron chi connectivity index (χ4n) is 8.44. The second kappa shape index (κ2) is 17.2. The SMILES string of the molecule is [B]c1c([B])c([B])c(-c2c([B])c([B])c([B])c(-c3nc(-c4ccc(-c5cccc6oc7ccccc7c56)cc4)nc(-c4c([B])c([B])c([B])c([B])c4-c4c([B])c([B])c([B])c([B])c4[B])n3)c2[B])c([B])c1[B]. The van der Waals surface area contributed by atoms with Crippen LogP contribution >= 0.6 is 0 Å². The summed E-state index contributed by atoms with van der Waals surface area (Å²) in [6, 6.07) is 21.0. The fourth-order valence-corrected chi connectivity index (χ4v) is 8.44. The van der Waals surface area contributed by atoms with Crippen LogP contribution in [0.15, 0.2) is 71.1 Å². The van der Waals surface area contributed by atoms with Gasteiger partial charge in [0.1, 0.15) is 152 Å². The van der Waals surface area contributed by atoms with Crippen molar-refractivity contribution in [2.45, 2.75) is 0 Å². The molecule has 0 amide bonds. The number of nitrogens with zero attached hydrogens (tertiary/aromatic N) is 3. The molecule has 0 saturated carbocycles. The second-order valence-electron chi connectivity index (χ2n) is 15.9. The van der Waals surface area contributed by atoms with Crippen LogP contribution in [0, 0.1) is 0 Å². The molecular weight excluding hydrogens is 793 g/mol. The van der Waals surface area contributed by atoms with Crippen molar-refractivity contribution in [1.29, 1.82) is 0 Å². The minimum Gasteiger partial charge on any atom is -0.456 e. The standard InChI is InChI=1S/C45H11B18N3O/c46-25-21(22-30(51)38(59)42(63)39(60)31(22)52)29(50)34(55)33(54)24(25)45-65-43(13-10-8-12(9-11-13)14-5-3-7-17-18(14)15-4-1-2-6-16(15)67-17)64-44(66-45)23-19(26(47)35(56)40(61)32(23)53)20-27(48)36(57)41(62)37(58)28(20)49/h1-11H. The third-order valence-corrected chi connectivity index (χ3v) is 12.2. The Balaban J connectivity index is 1.36. The van der Waals surface area contributed by atoms with Crippen LogP contribution in [-0.4, -0.2) is 156 Å². The zero-order valence-corrected chi connectivity index (χ0v) is 35.5. The van der Waals surface area contributed by atoms with Crippen LogP contribution in [0.1, 0.15) is 0 Å². The van der Waals surface area contributed by atoms with Gasteiger partial charge in [-0.05, 0) is 45.5 Å². The second-order valence-corrected chi connectivity index (χ2v) is 15.9. The number of hydrogen-bond donors (Lipinski definition) is 0. The summed E-state index contributed by atoms with van der Waals surface area (Å²) in [6.45, 7) is 0. The van der Waals surface area contributed by atoms with Crippen molar-refractivity contribution in [2.75, 3.05) is 0 Å². The first-order chi connectivity index (χ1) is 31.8. The van der Waals surface area contributed by atoms with Crippen LogP contribution in [0.3, 0.4) is 0 Å². The largest absolute Gasteiger partial charge is 0.456 e. The van der Waals surface area contributed by atoms with Crippen LogP contribution in [-0.2, 0) is 0 Å². The van der Waals surface area contributed by atoms with Crippen molar-refractivity contribution < 1.29 is 4.42 Å². The van der Waals surface area contributed by atoms with E-state index in [1.54, 1.807) is 0 Å². The molecule has 0 unspecified atom stereocenters. The highest BCUT2D eigenvalue weighted by Gasteiger charge is 2.27. The first-order valence-corrected chi connectivity index (χ1v) is 20.1. The molecule has 2 heterocycles. The summed E-state index contributed by atoms with van der Waals surface area (Å²) in [5.74, 6) is -0.259. The van der Waals surface area contributed by atoms with Crippen molar-refractivity contribution in [3.05, 3.63) is 66.7 Å². The summed E-state index contributed by atoms with van der Waals surface area (Å²) >= 11 is 0. The van der Waals surface area contributed by atoms with Gasteiger partial charge in [0.2, 0.25) is 0 Å². The molecule has 9 rings (SSSR count). The third-order valence-electron chi connectivity index (χ3n) is 12.2. The summed E-state index contributed by atoms with van der Waals surface area (Å²) in [5, 5.41) is 1.89. The Morgan fingerprint density at radius 3 is 1.16 bits per heavy atom. The predicted octanol–water partition coefficient (Wildman–Crippen LogP) is -9.94. The lowest BCUT2D eigenvalue weighted by molar-refractivity contribution is 0.669. The molecule has 266 valence electrons. The van der Waals surface area contributed by atoms with Gasteiger partial charge in [-0.1, -0.05) is 104 Å². The topological polar surface area (TPSA) is 51.8 Å². The average Bonchev–Trinajstić information content (AvgIpc) is 3.72. The number of aromatic nitrogens is 3. The van der Waals surface area contributed by atoms with Crippen LogP contribution in [0.5, 0.6) is 0 Å². The van der Waals surface area contributed by atoms with Gasteiger partial charge in [0.15, 0.2) is 17.5 Å². The van der Waals surface area contributed by atoms with E-state index < -0.39 is 0 Å². The lowest BCUT2D eigenvalue weighted by atomic mass is 9.56. The average molecular weight is 804 g/mol. The van der Waals surface area contributed by atoms with E-state index in [9.17, 15) is 0 Å². The lowest BCUT2D eigenvalue weighted by Gasteiger charge is -2.29. The smallest absolute Gasteiger partial charge is 0.164 e. The van der Waals surface area contributed by atoms with Gasteiger partial charge < -0.3 is 4.42 Å². The van der Waals surface area contributed by atoms with E-state index in [0.717, 1.165) is 33.1 Å². The number of furan rings is 1. The van der Waals surface area contributed by atoms with Gasteiger partial charge in [0.05, 0.1) is 0 Å². The van der Waals surface area contributed by atoms with Crippen LogP contribution < -0.4 is 98.3 Å². The van der Waals surface area contributed by atoms with Gasteiger partial charge in [-0.15, -0.1) is 49.2 Å². The molecule has 22 heteroatoms. The van der Waals surface area contributed by atoms with Crippen LogP contribution in [0.25, 0.3) is 89.5 Å². The van der Waals surface area contributed by atoms with E-state index in [4.69, 9.17) is 161 Å². The summed E-state index contributed by atoms with van der Waals surface area (Å²) in [7, 11) is 118. The molecule has 0 aliphatic heterocycles. The van der Waals surface area contributed by atoms with Gasteiger partial charge in [0, 0.05) is 27.5 Å². The highest BCUT2D eigenvalue weighted by atomic mass is 16.3. The van der Waals surface area contributed by atoms with Gasteiger partial charge >= 0.3 is 0 Å². The Morgan fingerprint density at radius 2 is 0.627 bits per heavy atom.